The number of pyridine rings is 1. The van der Waals surface area contributed by atoms with Crippen molar-refractivity contribution in [3.63, 3.8) is 0 Å². The molecule has 120 valence electrons. The Hall–Kier alpha value is -1.18. The molecule has 1 saturated heterocycles. The van der Waals surface area contributed by atoms with Crippen LogP contribution in [0.4, 0.5) is 0 Å². The van der Waals surface area contributed by atoms with E-state index in [1.807, 2.05) is 11.8 Å². The molecule has 0 aliphatic carbocycles. The van der Waals surface area contributed by atoms with Crippen molar-refractivity contribution >= 4 is 39.3 Å². The average Bonchev–Trinajstić information content (AvgIpc) is 2.50. The SMILES string of the molecule is CCNC(=O)CN1CCN(C(=O)c2cc(Br)cnc2Cl)CC1. The van der Waals surface area contributed by atoms with E-state index < -0.39 is 0 Å². The molecular formula is C14H18BrClN4O2. The third-order valence-corrected chi connectivity index (χ3v) is 4.17. The molecule has 0 unspecified atom stereocenters. The molecule has 2 heterocycles. The molecular weight excluding hydrogens is 372 g/mol. The summed E-state index contributed by atoms with van der Waals surface area (Å²) in [5.41, 5.74) is 0.396. The van der Waals surface area contributed by atoms with Crippen molar-refractivity contribution in [1.82, 2.24) is 20.1 Å². The Bertz CT molecular complexity index is 562. The molecule has 1 aromatic heterocycles. The fourth-order valence-electron chi connectivity index (χ4n) is 2.31. The van der Waals surface area contributed by atoms with Crippen LogP contribution in [0, 0.1) is 0 Å². The monoisotopic (exact) mass is 388 g/mol. The van der Waals surface area contributed by atoms with E-state index in [9.17, 15) is 9.59 Å². The maximum Gasteiger partial charge on any atom is 0.257 e. The van der Waals surface area contributed by atoms with E-state index in [0.717, 1.165) is 4.47 Å². The second-order valence-corrected chi connectivity index (χ2v) is 6.29. The lowest BCUT2D eigenvalue weighted by atomic mass is 10.2. The molecule has 1 fully saturated rings. The molecule has 0 spiro atoms. The van der Waals surface area contributed by atoms with Gasteiger partial charge >= 0.3 is 0 Å². The Morgan fingerprint density at radius 1 is 1.36 bits per heavy atom. The van der Waals surface area contributed by atoms with Gasteiger partial charge in [-0.05, 0) is 28.9 Å². The van der Waals surface area contributed by atoms with Gasteiger partial charge in [0.15, 0.2) is 0 Å². The van der Waals surface area contributed by atoms with Crippen LogP contribution in [-0.2, 0) is 4.79 Å². The molecule has 8 heteroatoms. The molecule has 0 saturated carbocycles. The number of rotatable bonds is 4. The zero-order valence-electron chi connectivity index (χ0n) is 12.3. The van der Waals surface area contributed by atoms with E-state index in [2.05, 4.69) is 26.2 Å². The zero-order chi connectivity index (χ0) is 16.1. The molecule has 22 heavy (non-hydrogen) atoms. The van der Waals surface area contributed by atoms with Gasteiger partial charge in [-0.1, -0.05) is 11.6 Å². The van der Waals surface area contributed by atoms with Gasteiger partial charge in [0.2, 0.25) is 5.91 Å². The zero-order valence-corrected chi connectivity index (χ0v) is 14.7. The van der Waals surface area contributed by atoms with E-state index in [1.165, 1.54) is 0 Å². The second kappa shape index (κ2) is 7.89. The molecule has 1 aliphatic heterocycles. The number of piperazine rings is 1. The van der Waals surface area contributed by atoms with Crippen molar-refractivity contribution in [2.75, 3.05) is 39.3 Å². The van der Waals surface area contributed by atoms with Crippen LogP contribution in [0.2, 0.25) is 5.15 Å². The molecule has 1 N–H and O–H groups in total. The summed E-state index contributed by atoms with van der Waals surface area (Å²) in [4.78, 5) is 31.8. The van der Waals surface area contributed by atoms with Gasteiger partial charge in [-0.3, -0.25) is 14.5 Å². The van der Waals surface area contributed by atoms with Gasteiger partial charge in [-0.15, -0.1) is 0 Å². The van der Waals surface area contributed by atoms with Crippen molar-refractivity contribution in [1.29, 1.82) is 0 Å². The van der Waals surface area contributed by atoms with Crippen LogP contribution in [0.3, 0.4) is 0 Å². The van der Waals surface area contributed by atoms with Crippen molar-refractivity contribution < 1.29 is 9.59 Å². The third-order valence-electron chi connectivity index (χ3n) is 3.44. The molecule has 0 atom stereocenters. The topological polar surface area (TPSA) is 65.5 Å². The maximum atomic E-state index is 12.5. The van der Waals surface area contributed by atoms with Crippen LogP contribution in [-0.4, -0.2) is 65.9 Å². The summed E-state index contributed by atoms with van der Waals surface area (Å²) >= 11 is 9.30. The van der Waals surface area contributed by atoms with Gasteiger partial charge in [0.25, 0.3) is 5.91 Å². The Kier molecular flexibility index (Phi) is 6.16. The number of likely N-dealkylation sites (N-methyl/N-ethyl adjacent to an activating group) is 1. The minimum Gasteiger partial charge on any atom is -0.355 e. The standard InChI is InChI=1S/C14H18BrClN4O2/c1-2-17-12(21)9-19-3-5-20(6-4-19)14(22)11-7-10(15)8-18-13(11)16/h7-8H,2-6,9H2,1H3,(H,17,21). The van der Waals surface area contributed by atoms with Gasteiger partial charge in [-0.25, -0.2) is 4.98 Å². The first-order chi connectivity index (χ1) is 10.5. The highest BCUT2D eigenvalue weighted by Gasteiger charge is 2.25. The highest BCUT2D eigenvalue weighted by Crippen LogP contribution is 2.20. The van der Waals surface area contributed by atoms with Gasteiger partial charge in [0.05, 0.1) is 12.1 Å². The normalized spacial score (nSPS) is 15.7. The average molecular weight is 390 g/mol. The predicted octanol–water partition coefficient (Wildman–Crippen LogP) is 1.39. The van der Waals surface area contributed by atoms with E-state index in [-0.39, 0.29) is 17.0 Å². The second-order valence-electron chi connectivity index (χ2n) is 5.01. The highest BCUT2D eigenvalue weighted by molar-refractivity contribution is 9.10. The van der Waals surface area contributed by atoms with E-state index in [0.29, 0.717) is 44.8 Å². The first-order valence-corrected chi connectivity index (χ1v) is 8.27. The lowest BCUT2D eigenvalue weighted by molar-refractivity contribution is -0.122. The van der Waals surface area contributed by atoms with E-state index in [4.69, 9.17) is 11.6 Å². The summed E-state index contributed by atoms with van der Waals surface area (Å²) in [6.45, 7) is 5.37. The molecule has 1 aromatic rings. The Morgan fingerprint density at radius 3 is 2.68 bits per heavy atom. The predicted molar refractivity (Wildman–Crippen MR) is 88.0 cm³/mol. The number of carbonyl (C=O) groups is 2. The summed E-state index contributed by atoms with van der Waals surface area (Å²) in [5.74, 6) is -0.113. The quantitative estimate of drug-likeness (QED) is 0.791. The van der Waals surface area contributed by atoms with Gasteiger partial charge in [0, 0.05) is 43.4 Å². The van der Waals surface area contributed by atoms with Gasteiger partial charge in [-0.2, -0.15) is 0 Å². The van der Waals surface area contributed by atoms with Crippen molar-refractivity contribution in [2.24, 2.45) is 0 Å². The largest absolute Gasteiger partial charge is 0.355 e. The maximum absolute atomic E-state index is 12.5. The minimum atomic E-state index is -0.128. The lowest BCUT2D eigenvalue weighted by Crippen LogP contribution is -2.51. The van der Waals surface area contributed by atoms with Crippen LogP contribution < -0.4 is 5.32 Å². The third kappa shape index (κ3) is 4.41. The number of nitrogens with one attached hydrogen (secondary N) is 1. The smallest absolute Gasteiger partial charge is 0.257 e. The molecule has 0 bridgehead atoms. The Balaban J connectivity index is 1.92. The number of halogens is 2. The minimum absolute atomic E-state index is 0.0153. The summed E-state index contributed by atoms with van der Waals surface area (Å²) in [7, 11) is 0. The lowest BCUT2D eigenvalue weighted by Gasteiger charge is -2.34. The number of nitrogens with zero attached hydrogens (tertiary/aromatic N) is 3. The molecule has 0 radical (unpaired) electrons. The van der Waals surface area contributed by atoms with Crippen LogP contribution >= 0.6 is 27.5 Å². The van der Waals surface area contributed by atoms with Crippen LogP contribution in [0.15, 0.2) is 16.7 Å². The van der Waals surface area contributed by atoms with Crippen molar-refractivity contribution in [3.8, 4) is 0 Å². The summed E-state index contributed by atoms with van der Waals surface area (Å²) in [6, 6.07) is 1.68. The number of aromatic nitrogens is 1. The Morgan fingerprint density at radius 2 is 2.05 bits per heavy atom. The van der Waals surface area contributed by atoms with Crippen LogP contribution in [0.1, 0.15) is 17.3 Å². The van der Waals surface area contributed by atoms with Gasteiger partial charge in [0.1, 0.15) is 5.15 Å². The van der Waals surface area contributed by atoms with Crippen LogP contribution in [0.25, 0.3) is 0 Å². The number of hydrogen-bond donors (Lipinski definition) is 1. The van der Waals surface area contributed by atoms with Gasteiger partial charge < -0.3 is 10.2 Å². The molecule has 1 aliphatic rings. The fourth-order valence-corrected chi connectivity index (χ4v) is 2.82. The van der Waals surface area contributed by atoms with Crippen LogP contribution in [0.5, 0.6) is 0 Å². The first-order valence-electron chi connectivity index (χ1n) is 7.10. The number of carbonyl (C=O) groups excluding carboxylic acids is 2. The van der Waals surface area contributed by atoms with E-state index >= 15 is 0 Å². The van der Waals surface area contributed by atoms with Crippen molar-refractivity contribution in [2.45, 2.75) is 6.92 Å². The molecule has 2 amide bonds. The number of hydrogen-bond acceptors (Lipinski definition) is 4. The number of amides is 2. The first kappa shape index (κ1) is 17.2. The van der Waals surface area contributed by atoms with E-state index in [1.54, 1.807) is 17.2 Å². The van der Waals surface area contributed by atoms with Crippen molar-refractivity contribution in [3.05, 3.63) is 27.5 Å². The highest BCUT2D eigenvalue weighted by atomic mass is 79.9. The summed E-state index contributed by atoms with van der Waals surface area (Å²) < 4.78 is 0.718. The molecule has 2 rings (SSSR count). The fraction of sp³-hybridized carbons (Fsp3) is 0.500. The summed E-state index contributed by atoms with van der Waals surface area (Å²) in [6.07, 6.45) is 1.56. The molecule has 6 nitrogen and oxygen atoms in total. The Labute approximate surface area is 142 Å². The molecule has 0 aromatic carbocycles. The summed E-state index contributed by atoms with van der Waals surface area (Å²) in [5, 5.41) is 2.98.